The quantitative estimate of drug-likeness (QED) is 0.410. The van der Waals surface area contributed by atoms with E-state index in [0.29, 0.717) is 17.9 Å². The van der Waals surface area contributed by atoms with E-state index in [1.54, 1.807) is 24.3 Å². The standard InChI is InChI=1S/C26H28N2O5/c1-2-17-31-23-15-13-22(14-16-23)24(27-25(29)32-18-20-9-5-3-6-10-20)28-26(30)33-19-21-11-7-4-8-12-21/h3-16,24H,2,17-19H2,1H3,(H,27,29)(H,28,30). The number of hydrogen-bond acceptors (Lipinski definition) is 5. The summed E-state index contributed by atoms with van der Waals surface area (Å²) in [6.07, 6.45) is -1.29. The van der Waals surface area contributed by atoms with E-state index in [-0.39, 0.29) is 13.2 Å². The highest BCUT2D eigenvalue weighted by Gasteiger charge is 2.19. The van der Waals surface area contributed by atoms with Gasteiger partial charge >= 0.3 is 12.2 Å². The van der Waals surface area contributed by atoms with Crippen molar-refractivity contribution in [2.45, 2.75) is 32.7 Å². The minimum atomic E-state index is -0.850. The van der Waals surface area contributed by atoms with Crippen LogP contribution >= 0.6 is 0 Å². The van der Waals surface area contributed by atoms with Gasteiger partial charge < -0.3 is 14.2 Å². The summed E-state index contributed by atoms with van der Waals surface area (Å²) < 4.78 is 16.2. The van der Waals surface area contributed by atoms with Gasteiger partial charge in [-0.3, -0.25) is 10.6 Å². The van der Waals surface area contributed by atoms with Gasteiger partial charge in [0.25, 0.3) is 0 Å². The Kier molecular flexibility index (Phi) is 9.15. The first-order valence-electron chi connectivity index (χ1n) is 10.8. The van der Waals surface area contributed by atoms with Gasteiger partial charge in [0.2, 0.25) is 0 Å². The van der Waals surface area contributed by atoms with E-state index in [0.717, 1.165) is 17.5 Å². The lowest BCUT2D eigenvalue weighted by atomic mass is 10.1. The number of alkyl carbamates (subject to hydrolysis) is 2. The van der Waals surface area contributed by atoms with E-state index in [4.69, 9.17) is 14.2 Å². The summed E-state index contributed by atoms with van der Waals surface area (Å²) in [5.41, 5.74) is 2.36. The fourth-order valence-electron chi connectivity index (χ4n) is 2.94. The van der Waals surface area contributed by atoms with Gasteiger partial charge in [-0.15, -0.1) is 0 Å². The minimum absolute atomic E-state index is 0.113. The first kappa shape index (κ1) is 23.7. The molecule has 172 valence electrons. The van der Waals surface area contributed by atoms with Crippen LogP contribution in [0.25, 0.3) is 0 Å². The minimum Gasteiger partial charge on any atom is -0.494 e. The Morgan fingerprint density at radius 1 is 0.727 bits per heavy atom. The van der Waals surface area contributed by atoms with Crippen molar-refractivity contribution in [3.63, 3.8) is 0 Å². The Bertz CT molecular complexity index is 937. The molecule has 3 aromatic carbocycles. The summed E-state index contributed by atoms with van der Waals surface area (Å²) in [4.78, 5) is 24.8. The van der Waals surface area contributed by atoms with Crippen molar-refractivity contribution >= 4 is 12.2 Å². The molecular formula is C26H28N2O5. The van der Waals surface area contributed by atoms with Crippen LogP contribution in [0, 0.1) is 0 Å². The van der Waals surface area contributed by atoms with Crippen molar-refractivity contribution in [3.05, 3.63) is 102 Å². The van der Waals surface area contributed by atoms with Gasteiger partial charge in [-0.1, -0.05) is 79.7 Å². The molecule has 0 saturated heterocycles. The monoisotopic (exact) mass is 448 g/mol. The van der Waals surface area contributed by atoms with Crippen LogP contribution in [-0.4, -0.2) is 18.8 Å². The Hall–Kier alpha value is -4.00. The third kappa shape index (κ3) is 8.22. The lowest BCUT2D eigenvalue weighted by Gasteiger charge is -2.20. The molecule has 0 unspecified atom stereocenters. The van der Waals surface area contributed by atoms with Gasteiger partial charge in [0, 0.05) is 0 Å². The highest BCUT2D eigenvalue weighted by atomic mass is 16.6. The predicted octanol–water partition coefficient (Wildman–Crippen LogP) is 5.33. The van der Waals surface area contributed by atoms with Gasteiger partial charge in [-0.25, -0.2) is 9.59 Å². The topological polar surface area (TPSA) is 85.9 Å². The summed E-state index contributed by atoms with van der Waals surface area (Å²) in [6.45, 7) is 2.86. The fraction of sp³-hybridized carbons (Fsp3) is 0.231. The predicted molar refractivity (Wildman–Crippen MR) is 124 cm³/mol. The molecule has 2 N–H and O–H groups in total. The molecule has 0 aromatic heterocycles. The largest absolute Gasteiger partial charge is 0.494 e. The smallest absolute Gasteiger partial charge is 0.409 e. The highest BCUT2D eigenvalue weighted by molar-refractivity contribution is 5.71. The normalized spacial score (nSPS) is 10.4. The average Bonchev–Trinajstić information content (AvgIpc) is 2.86. The molecule has 0 aliphatic carbocycles. The SMILES string of the molecule is CCCOc1ccc(C(NC(=O)OCc2ccccc2)NC(=O)OCc2ccccc2)cc1. The van der Waals surface area contributed by atoms with Crippen LogP contribution in [-0.2, 0) is 22.7 Å². The number of hydrogen-bond donors (Lipinski definition) is 2. The van der Waals surface area contributed by atoms with E-state index in [1.165, 1.54) is 0 Å². The van der Waals surface area contributed by atoms with E-state index < -0.39 is 18.4 Å². The summed E-state index contributed by atoms with van der Waals surface area (Å²) in [5, 5.41) is 5.36. The molecule has 0 atom stereocenters. The maximum Gasteiger partial charge on any atom is 0.409 e. The molecule has 0 spiro atoms. The second kappa shape index (κ2) is 12.8. The molecule has 0 fully saturated rings. The zero-order valence-electron chi connectivity index (χ0n) is 18.5. The third-order valence-corrected chi connectivity index (χ3v) is 4.64. The number of rotatable bonds is 10. The van der Waals surface area contributed by atoms with Crippen molar-refractivity contribution in [2.24, 2.45) is 0 Å². The van der Waals surface area contributed by atoms with Crippen LogP contribution in [0.3, 0.4) is 0 Å². The molecule has 0 aliphatic rings. The summed E-state index contributed by atoms with van der Waals surface area (Å²) in [7, 11) is 0. The third-order valence-electron chi connectivity index (χ3n) is 4.64. The summed E-state index contributed by atoms with van der Waals surface area (Å²) >= 11 is 0. The highest BCUT2D eigenvalue weighted by Crippen LogP contribution is 2.17. The van der Waals surface area contributed by atoms with E-state index in [1.807, 2.05) is 67.6 Å². The number of benzene rings is 3. The van der Waals surface area contributed by atoms with Gasteiger partial charge in [-0.05, 0) is 35.2 Å². The van der Waals surface area contributed by atoms with Crippen LogP contribution in [0.1, 0.15) is 36.2 Å². The maximum atomic E-state index is 12.4. The summed E-state index contributed by atoms with van der Waals surface area (Å²) in [6, 6.07) is 25.8. The Balaban J connectivity index is 1.62. The number of nitrogens with one attached hydrogen (secondary N) is 2. The molecule has 0 bridgehead atoms. The van der Waals surface area contributed by atoms with Crippen molar-refractivity contribution in [1.82, 2.24) is 10.6 Å². The van der Waals surface area contributed by atoms with Gasteiger partial charge in [0.15, 0.2) is 0 Å². The van der Waals surface area contributed by atoms with E-state index >= 15 is 0 Å². The molecule has 7 nitrogen and oxygen atoms in total. The van der Waals surface area contributed by atoms with Crippen LogP contribution in [0.5, 0.6) is 5.75 Å². The number of carbonyl (C=O) groups is 2. The molecule has 7 heteroatoms. The van der Waals surface area contributed by atoms with Gasteiger partial charge in [0.05, 0.1) is 6.61 Å². The lowest BCUT2D eigenvalue weighted by molar-refractivity contribution is 0.122. The van der Waals surface area contributed by atoms with Crippen molar-refractivity contribution in [2.75, 3.05) is 6.61 Å². The van der Waals surface area contributed by atoms with E-state index in [9.17, 15) is 9.59 Å². The van der Waals surface area contributed by atoms with Crippen LogP contribution in [0.4, 0.5) is 9.59 Å². The molecule has 0 aliphatic heterocycles. The van der Waals surface area contributed by atoms with Gasteiger partial charge in [-0.2, -0.15) is 0 Å². The molecule has 0 heterocycles. The molecule has 3 aromatic rings. The van der Waals surface area contributed by atoms with E-state index in [2.05, 4.69) is 10.6 Å². The Morgan fingerprint density at radius 3 is 1.67 bits per heavy atom. The summed E-state index contributed by atoms with van der Waals surface area (Å²) in [5.74, 6) is 0.706. The average molecular weight is 449 g/mol. The van der Waals surface area contributed by atoms with Crippen molar-refractivity contribution in [1.29, 1.82) is 0 Å². The van der Waals surface area contributed by atoms with Crippen LogP contribution in [0.15, 0.2) is 84.9 Å². The Morgan fingerprint density at radius 2 is 1.21 bits per heavy atom. The molecule has 33 heavy (non-hydrogen) atoms. The Labute approximate surface area is 193 Å². The number of amides is 2. The number of ether oxygens (including phenoxy) is 3. The second-order valence-corrected chi connectivity index (χ2v) is 7.26. The molecule has 0 radical (unpaired) electrons. The zero-order chi connectivity index (χ0) is 23.3. The van der Waals surface area contributed by atoms with Crippen LogP contribution < -0.4 is 15.4 Å². The van der Waals surface area contributed by atoms with Crippen LogP contribution in [0.2, 0.25) is 0 Å². The van der Waals surface area contributed by atoms with Crippen molar-refractivity contribution in [3.8, 4) is 5.75 Å². The second-order valence-electron chi connectivity index (χ2n) is 7.26. The molecule has 3 rings (SSSR count). The van der Waals surface area contributed by atoms with Gasteiger partial charge in [0.1, 0.15) is 25.1 Å². The lowest BCUT2D eigenvalue weighted by Crippen LogP contribution is -2.41. The fourth-order valence-corrected chi connectivity index (χ4v) is 2.94. The number of carbonyl (C=O) groups excluding carboxylic acids is 2. The first-order chi connectivity index (χ1) is 16.1. The maximum absolute atomic E-state index is 12.4. The molecular weight excluding hydrogens is 420 g/mol. The van der Waals surface area contributed by atoms with Crippen molar-refractivity contribution < 1.29 is 23.8 Å². The molecule has 2 amide bonds. The first-order valence-corrected chi connectivity index (χ1v) is 10.8. The molecule has 0 saturated carbocycles. The zero-order valence-corrected chi connectivity index (χ0v) is 18.5.